The minimum absolute atomic E-state index is 0.323. The van der Waals surface area contributed by atoms with E-state index in [9.17, 15) is 9.50 Å². The second kappa shape index (κ2) is 3.77. The van der Waals surface area contributed by atoms with E-state index in [0.29, 0.717) is 18.8 Å². The maximum absolute atomic E-state index is 13.3. The van der Waals surface area contributed by atoms with Crippen LogP contribution in [0.25, 0.3) is 0 Å². The summed E-state index contributed by atoms with van der Waals surface area (Å²) >= 11 is 0. The van der Waals surface area contributed by atoms with Gasteiger partial charge < -0.3 is 10.0 Å². The molecule has 0 amide bonds. The molecular formula is C11H15FN2O. The molecule has 4 heteroatoms. The van der Waals surface area contributed by atoms with Crippen molar-refractivity contribution in [3.8, 4) is 0 Å². The van der Waals surface area contributed by atoms with Gasteiger partial charge in [0.25, 0.3) is 0 Å². The van der Waals surface area contributed by atoms with Gasteiger partial charge in [-0.3, -0.25) is 4.98 Å². The molecule has 0 unspecified atom stereocenters. The zero-order valence-electron chi connectivity index (χ0n) is 8.78. The van der Waals surface area contributed by atoms with Crippen molar-refractivity contribution in [3.63, 3.8) is 0 Å². The van der Waals surface area contributed by atoms with Gasteiger partial charge in [-0.05, 0) is 12.5 Å². The van der Waals surface area contributed by atoms with Crippen molar-refractivity contribution in [1.29, 1.82) is 0 Å². The number of pyridine rings is 1. The summed E-state index contributed by atoms with van der Waals surface area (Å²) in [6.07, 6.45) is 4.49. The van der Waals surface area contributed by atoms with Gasteiger partial charge in [-0.1, -0.05) is 13.3 Å². The van der Waals surface area contributed by atoms with E-state index in [1.165, 1.54) is 6.20 Å². The van der Waals surface area contributed by atoms with Crippen LogP contribution in [0.3, 0.4) is 0 Å². The Bertz CT molecular complexity index is 350. The van der Waals surface area contributed by atoms with Gasteiger partial charge >= 0.3 is 0 Å². The Morgan fingerprint density at radius 2 is 2.33 bits per heavy atom. The number of hydrogen-bond donors (Lipinski definition) is 1. The van der Waals surface area contributed by atoms with Crippen LogP contribution >= 0.6 is 0 Å². The number of anilines is 1. The summed E-state index contributed by atoms with van der Waals surface area (Å²) in [6, 6.07) is 1.64. The Kier molecular flexibility index (Phi) is 2.61. The molecule has 82 valence electrons. The number of aromatic nitrogens is 1. The highest BCUT2D eigenvalue weighted by atomic mass is 19.1. The molecule has 15 heavy (non-hydrogen) atoms. The molecule has 0 aliphatic carbocycles. The van der Waals surface area contributed by atoms with Gasteiger partial charge in [-0.25, -0.2) is 4.39 Å². The van der Waals surface area contributed by atoms with Crippen molar-refractivity contribution in [2.45, 2.75) is 25.4 Å². The maximum Gasteiger partial charge on any atom is 0.164 e. The van der Waals surface area contributed by atoms with E-state index in [-0.39, 0.29) is 5.82 Å². The summed E-state index contributed by atoms with van der Waals surface area (Å²) in [5, 5.41) is 9.95. The van der Waals surface area contributed by atoms with Gasteiger partial charge in [0.1, 0.15) is 0 Å². The van der Waals surface area contributed by atoms with E-state index < -0.39 is 5.60 Å². The highest BCUT2D eigenvalue weighted by Crippen LogP contribution is 2.31. The van der Waals surface area contributed by atoms with E-state index in [1.807, 2.05) is 11.8 Å². The first-order chi connectivity index (χ1) is 7.14. The second-order valence-corrected chi connectivity index (χ2v) is 4.16. The lowest BCUT2D eigenvalue weighted by Gasteiger charge is -2.48. The molecule has 0 bridgehead atoms. The number of nitrogens with zero attached hydrogens (tertiary/aromatic N) is 2. The van der Waals surface area contributed by atoms with Gasteiger partial charge in [0.05, 0.1) is 17.5 Å². The van der Waals surface area contributed by atoms with Crippen molar-refractivity contribution in [1.82, 2.24) is 4.98 Å². The van der Waals surface area contributed by atoms with Crippen molar-refractivity contribution in [2.24, 2.45) is 0 Å². The Hall–Kier alpha value is -1.16. The average molecular weight is 210 g/mol. The van der Waals surface area contributed by atoms with E-state index in [0.717, 1.165) is 12.8 Å². The first-order valence-electron chi connectivity index (χ1n) is 5.21. The summed E-state index contributed by atoms with van der Waals surface area (Å²) in [4.78, 5) is 5.53. The molecule has 0 atom stereocenters. The lowest BCUT2D eigenvalue weighted by Crippen LogP contribution is -2.62. The fraction of sp³-hybridized carbons (Fsp3) is 0.545. The van der Waals surface area contributed by atoms with Crippen LogP contribution in [0.1, 0.15) is 19.8 Å². The summed E-state index contributed by atoms with van der Waals surface area (Å²) in [6.45, 7) is 3.07. The summed E-state index contributed by atoms with van der Waals surface area (Å²) in [5.74, 6) is -0.323. The van der Waals surface area contributed by atoms with Crippen LogP contribution in [0, 0.1) is 5.82 Å². The smallest absolute Gasteiger partial charge is 0.164 e. The number of β-amino-alcohol motifs (C(OH)–C–C–N with tert-alkyl or cyclic N) is 1. The first-order valence-corrected chi connectivity index (χ1v) is 5.21. The largest absolute Gasteiger partial charge is 0.386 e. The molecule has 1 saturated heterocycles. The summed E-state index contributed by atoms with van der Waals surface area (Å²) in [5.41, 5.74) is -0.0874. The van der Waals surface area contributed by atoms with Crippen LogP contribution in [-0.4, -0.2) is 28.8 Å². The van der Waals surface area contributed by atoms with Crippen molar-refractivity contribution < 1.29 is 9.50 Å². The Balaban J connectivity index is 2.03. The first kappa shape index (κ1) is 10.4. The second-order valence-electron chi connectivity index (χ2n) is 4.16. The van der Waals surface area contributed by atoms with Crippen LogP contribution in [0.15, 0.2) is 18.5 Å². The molecule has 0 radical (unpaired) electrons. The van der Waals surface area contributed by atoms with E-state index in [4.69, 9.17) is 0 Å². The predicted molar refractivity (Wildman–Crippen MR) is 56.3 cm³/mol. The van der Waals surface area contributed by atoms with Gasteiger partial charge in [-0.2, -0.15) is 0 Å². The summed E-state index contributed by atoms with van der Waals surface area (Å²) in [7, 11) is 0. The topological polar surface area (TPSA) is 36.4 Å². The summed E-state index contributed by atoms with van der Waals surface area (Å²) < 4.78 is 13.3. The van der Waals surface area contributed by atoms with E-state index >= 15 is 0 Å². The Morgan fingerprint density at radius 1 is 1.60 bits per heavy atom. The number of hydrogen-bond acceptors (Lipinski definition) is 3. The molecule has 3 nitrogen and oxygen atoms in total. The highest BCUT2D eigenvalue weighted by molar-refractivity contribution is 5.50. The number of rotatable bonds is 3. The van der Waals surface area contributed by atoms with E-state index in [1.54, 1.807) is 12.3 Å². The molecule has 1 aliphatic heterocycles. The Labute approximate surface area is 88.6 Å². The SMILES string of the molecule is CCCC1(O)CN(c2ccncc2F)C1. The lowest BCUT2D eigenvalue weighted by atomic mass is 9.89. The number of aliphatic hydroxyl groups is 1. The molecular weight excluding hydrogens is 195 g/mol. The van der Waals surface area contributed by atoms with Crippen molar-refractivity contribution in [3.05, 3.63) is 24.3 Å². The van der Waals surface area contributed by atoms with Crippen LogP contribution in [-0.2, 0) is 0 Å². The standard InChI is InChI=1S/C11H15FN2O/c1-2-4-11(15)7-14(8-11)10-3-5-13-6-9(10)12/h3,5-6,15H,2,4,7-8H2,1H3. The van der Waals surface area contributed by atoms with Crippen molar-refractivity contribution >= 4 is 5.69 Å². The average Bonchev–Trinajstić information content (AvgIpc) is 2.15. The molecule has 1 aromatic heterocycles. The third-order valence-electron chi connectivity index (χ3n) is 2.78. The monoisotopic (exact) mass is 210 g/mol. The van der Waals surface area contributed by atoms with Gasteiger partial charge in [0.15, 0.2) is 5.82 Å². The van der Waals surface area contributed by atoms with Crippen LogP contribution < -0.4 is 4.90 Å². The highest BCUT2D eigenvalue weighted by Gasteiger charge is 2.40. The van der Waals surface area contributed by atoms with Gasteiger partial charge in [0, 0.05) is 19.3 Å². The minimum Gasteiger partial charge on any atom is -0.386 e. The normalized spacial score (nSPS) is 18.7. The minimum atomic E-state index is -0.621. The quantitative estimate of drug-likeness (QED) is 0.822. The molecule has 1 N–H and O–H groups in total. The zero-order valence-corrected chi connectivity index (χ0v) is 8.78. The molecule has 0 aromatic carbocycles. The molecule has 1 aliphatic rings. The molecule has 1 aromatic rings. The Morgan fingerprint density at radius 3 is 2.93 bits per heavy atom. The molecule has 2 heterocycles. The fourth-order valence-corrected chi connectivity index (χ4v) is 2.08. The molecule has 2 rings (SSSR count). The molecule has 0 saturated carbocycles. The number of halogens is 1. The molecule has 1 fully saturated rings. The molecule has 0 spiro atoms. The third kappa shape index (κ3) is 1.95. The lowest BCUT2D eigenvalue weighted by molar-refractivity contribution is 0.00305. The van der Waals surface area contributed by atoms with Crippen molar-refractivity contribution in [2.75, 3.05) is 18.0 Å². The van der Waals surface area contributed by atoms with Gasteiger partial charge in [0.2, 0.25) is 0 Å². The van der Waals surface area contributed by atoms with E-state index in [2.05, 4.69) is 4.98 Å². The van der Waals surface area contributed by atoms with Crippen LogP contribution in [0.2, 0.25) is 0 Å². The zero-order chi connectivity index (χ0) is 10.9. The van der Waals surface area contributed by atoms with Crippen LogP contribution in [0.5, 0.6) is 0 Å². The third-order valence-corrected chi connectivity index (χ3v) is 2.78. The van der Waals surface area contributed by atoms with Crippen LogP contribution in [0.4, 0.5) is 10.1 Å². The fourth-order valence-electron chi connectivity index (χ4n) is 2.08. The van der Waals surface area contributed by atoms with Gasteiger partial charge in [-0.15, -0.1) is 0 Å². The predicted octanol–water partition coefficient (Wildman–Crippen LogP) is 1.57. The maximum atomic E-state index is 13.3.